The Morgan fingerprint density at radius 2 is 1.79 bits per heavy atom. The molecule has 1 aromatic rings. The quantitative estimate of drug-likeness (QED) is 0.819. The zero-order valence-corrected chi connectivity index (χ0v) is 9.14. The van der Waals surface area contributed by atoms with Crippen molar-refractivity contribution in [2.75, 3.05) is 7.11 Å². The summed E-state index contributed by atoms with van der Waals surface area (Å²) in [6.07, 6.45) is 3.47. The molecule has 1 fully saturated rings. The molecule has 1 aliphatic carbocycles. The van der Waals surface area contributed by atoms with E-state index in [2.05, 4.69) is 12.1 Å². The average Bonchev–Trinajstić information content (AvgIpc) is 2.14. The molecule has 0 saturated heterocycles. The Labute approximate surface area is 90.9 Å². The minimum Gasteiger partial charge on any atom is -0.497 e. The lowest BCUT2D eigenvalue weighted by molar-refractivity contribution is 0.253. The van der Waals surface area contributed by atoms with Crippen LogP contribution in [0.5, 0.6) is 5.75 Å². The highest BCUT2D eigenvalue weighted by atomic mass is 35.5. The summed E-state index contributed by atoms with van der Waals surface area (Å²) in [5, 5.41) is 0. The molecule has 1 saturated carbocycles. The van der Waals surface area contributed by atoms with Gasteiger partial charge in [-0.15, -0.1) is 12.4 Å². The van der Waals surface area contributed by atoms with Crippen molar-refractivity contribution >= 4 is 12.4 Å². The van der Waals surface area contributed by atoms with Crippen molar-refractivity contribution in [2.45, 2.75) is 24.8 Å². The highest BCUT2D eigenvalue weighted by Gasteiger charge is 2.33. The minimum atomic E-state index is -0.0493. The summed E-state index contributed by atoms with van der Waals surface area (Å²) < 4.78 is 5.09. The van der Waals surface area contributed by atoms with Crippen LogP contribution in [0.15, 0.2) is 24.3 Å². The molecule has 3 heteroatoms. The maximum Gasteiger partial charge on any atom is 0.118 e. The van der Waals surface area contributed by atoms with E-state index in [0.717, 1.165) is 18.6 Å². The predicted molar refractivity (Wildman–Crippen MR) is 60.0 cm³/mol. The Balaban J connectivity index is 0.000000980. The topological polar surface area (TPSA) is 35.2 Å². The first-order chi connectivity index (χ1) is 6.24. The number of hydrogen-bond acceptors (Lipinski definition) is 2. The van der Waals surface area contributed by atoms with Gasteiger partial charge in [-0.1, -0.05) is 12.1 Å². The SMILES string of the molecule is COc1ccc(C2(N)CCC2)cc1.Cl. The van der Waals surface area contributed by atoms with Crippen molar-refractivity contribution in [3.63, 3.8) is 0 Å². The summed E-state index contributed by atoms with van der Waals surface area (Å²) in [7, 11) is 1.68. The number of ether oxygens (including phenoxy) is 1. The largest absolute Gasteiger partial charge is 0.497 e. The van der Waals surface area contributed by atoms with E-state index in [4.69, 9.17) is 10.5 Å². The highest BCUT2D eigenvalue weighted by molar-refractivity contribution is 5.85. The predicted octanol–water partition coefficient (Wildman–Crippen LogP) is 2.45. The van der Waals surface area contributed by atoms with Gasteiger partial charge in [0.25, 0.3) is 0 Å². The van der Waals surface area contributed by atoms with E-state index in [1.807, 2.05) is 12.1 Å². The molecule has 1 aliphatic rings. The van der Waals surface area contributed by atoms with Gasteiger partial charge in [-0.05, 0) is 37.0 Å². The monoisotopic (exact) mass is 213 g/mol. The third kappa shape index (κ3) is 1.86. The Morgan fingerprint density at radius 1 is 1.21 bits per heavy atom. The molecule has 0 bridgehead atoms. The fourth-order valence-electron chi connectivity index (χ4n) is 1.77. The first-order valence-electron chi connectivity index (χ1n) is 4.68. The number of rotatable bonds is 2. The number of methoxy groups -OCH3 is 1. The van der Waals surface area contributed by atoms with Crippen LogP contribution in [0.3, 0.4) is 0 Å². The normalized spacial score (nSPS) is 17.9. The van der Waals surface area contributed by atoms with Crippen LogP contribution >= 0.6 is 12.4 Å². The van der Waals surface area contributed by atoms with Gasteiger partial charge in [0.2, 0.25) is 0 Å². The number of benzene rings is 1. The fraction of sp³-hybridized carbons (Fsp3) is 0.455. The molecule has 0 spiro atoms. The van der Waals surface area contributed by atoms with Crippen LogP contribution in [0, 0.1) is 0 Å². The van der Waals surface area contributed by atoms with Crippen LogP contribution in [-0.2, 0) is 5.54 Å². The average molecular weight is 214 g/mol. The second-order valence-corrected chi connectivity index (χ2v) is 3.74. The van der Waals surface area contributed by atoms with Crippen molar-refractivity contribution in [1.29, 1.82) is 0 Å². The van der Waals surface area contributed by atoms with Crippen LogP contribution in [-0.4, -0.2) is 7.11 Å². The third-order valence-corrected chi connectivity index (χ3v) is 2.91. The lowest BCUT2D eigenvalue weighted by Gasteiger charge is -2.38. The summed E-state index contributed by atoms with van der Waals surface area (Å²) in [4.78, 5) is 0. The van der Waals surface area contributed by atoms with Gasteiger partial charge < -0.3 is 10.5 Å². The summed E-state index contributed by atoms with van der Waals surface area (Å²) in [5.41, 5.74) is 7.36. The van der Waals surface area contributed by atoms with Crippen LogP contribution in [0.25, 0.3) is 0 Å². The smallest absolute Gasteiger partial charge is 0.118 e. The Morgan fingerprint density at radius 3 is 2.14 bits per heavy atom. The molecule has 2 rings (SSSR count). The zero-order valence-electron chi connectivity index (χ0n) is 8.32. The molecular weight excluding hydrogens is 198 g/mol. The second-order valence-electron chi connectivity index (χ2n) is 3.74. The molecule has 14 heavy (non-hydrogen) atoms. The molecule has 0 amide bonds. The van der Waals surface area contributed by atoms with Gasteiger partial charge in [-0.2, -0.15) is 0 Å². The van der Waals surface area contributed by atoms with E-state index in [-0.39, 0.29) is 17.9 Å². The zero-order chi connectivity index (χ0) is 9.31. The molecule has 0 atom stereocenters. The van der Waals surface area contributed by atoms with Gasteiger partial charge in [0, 0.05) is 5.54 Å². The number of nitrogens with two attached hydrogens (primary N) is 1. The maximum absolute atomic E-state index is 6.17. The lowest BCUT2D eigenvalue weighted by atomic mass is 9.73. The maximum atomic E-state index is 6.17. The van der Waals surface area contributed by atoms with Crippen molar-refractivity contribution in [3.8, 4) is 5.75 Å². The molecule has 2 N–H and O–H groups in total. The number of hydrogen-bond donors (Lipinski definition) is 1. The van der Waals surface area contributed by atoms with Gasteiger partial charge in [0.15, 0.2) is 0 Å². The van der Waals surface area contributed by atoms with Crippen LogP contribution in [0.2, 0.25) is 0 Å². The number of halogens is 1. The molecule has 2 nitrogen and oxygen atoms in total. The van der Waals surface area contributed by atoms with Gasteiger partial charge >= 0.3 is 0 Å². The molecule has 78 valence electrons. The summed E-state index contributed by atoms with van der Waals surface area (Å²) >= 11 is 0. The van der Waals surface area contributed by atoms with Crippen LogP contribution in [0.1, 0.15) is 24.8 Å². The Kier molecular flexibility index (Phi) is 3.40. The Hall–Kier alpha value is -0.730. The molecule has 0 heterocycles. The molecule has 0 aromatic heterocycles. The van der Waals surface area contributed by atoms with Crippen molar-refractivity contribution in [1.82, 2.24) is 0 Å². The van der Waals surface area contributed by atoms with E-state index >= 15 is 0 Å². The van der Waals surface area contributed by atoms with Crippen molar-refractivity contribution < 1.29 is 4.74 Å². The third-order valence-electron chi connectivity index (χ3n) is 2.91. The van der Waals surface area contributed by atoms with Crippen LogP contribution in [0.4, 0.5) is 0 Å². The fourth-order valence-corrected chi connectivity index (χ4v) is 1.77. The van der Waals surface area contributed by atoms with Gasteiger partial charge in [-0.25, -0.2) is 0 Å². The molecule has 0 unspecified atom stereocenters. The summed E-state index contributed by atoms with van der Waals surface area (Å²) in [5.74, 6) is 0.895. The summed E-state index contributed by atoms with van der Waals surface area (Å²) in [6.45, 7) is 0. The standard InChI is InChI=1S/C11H15NO.ClH/c1-13-10-5-3-9(4-6-10)11(12)7-2-8-11;/h3-6H,2,7-8,12H2,1H3;1H. The van der Waals surface area contributed by atoms with E-state index in [9.17, 15) is 0 Å². The molecule has 1 aromatic carbocycles. The van der Waals surface area contributed by atoms with Crippen LogP contribution < -0.4 is 10.5 Å². The van der Waals surface area contributed by atoms with E-state index in [0.29, 0.717) is 0 Å². The van der Waals surface area contributed by atoms with E-state index in [1.165, 1.54) is 12.0 Å². The highest BCUT2D eigenvalue weighted by Crippen LogP contribution is 2.38. The minimum absolute atomic E-state index is 0. The van der Waals surface area contributed by atoms with Gasteiger partial charge in [0.05, 0.1) is 7.11 Å². The second kappa shape index (κ2) is 4.20. The van der Waals surface area contributed by atoms with Crippen molar-refractivity contribution in [2.24, 2.45) is 5.73 Å². The molecule has 0 radical (unpaired) electrons. The lowest BCUT2D eigenvalue weighted by Crippen LogP contribution is -2.43. The molecular formula is C11H16ClNO. The Bertz CT molecular complexity index is 293. The van der Waals surface area contributed by atoms with E-state index < -0.39 is 0 Å². The van der Waals surface area contributed by atoms with Gasteiger partial charge in [0.1, 0.15) is 5.75 Å². The van der Waals surface area contributed by atoms with E-state index in [1.54, 1.807) is 7.11 Å². The summed E-state index contributed by atoms with van der Waals surface area (Å²) in [6, 6.07) is 8.08. The molecule has 0 aliphatic heterocycles. The first kappa shape index (κ1) is 11.3. The first-order valence-corrected chi connectivity index (χ1v) is 4.68. The van der Waals surface area contributed by atoms with Crippen molar-refractivity contribution in [3.05, 3.63) is 29.8 Å². The van der Waals surface area contributed by atoms with Gasteiger partial charge in [-0.3, -0.25) is 0 Å².